The van der Waals surface area contributed by atoms with Crippen LogP contribution < -0.4 is 16.0 Å². The lowest BCUT2D eigenvalue weighted by Gasteiger charge is -2.35. The van der Waals surface area contributed by atoms with Gasteiger partial charge in [-0.2, -0.15) is 0 Å². The van der Waals surface area contributed by atoms with Gasteiger partial charge in [0, 0.05) is 18.1 Å². The summed E-state index contributed by atoms with van der Waals surface area (Å²) < 4.78 is 0. The molecule has 1 saturated heterocycles. The highest BCUT2D eigenvalue weighted by molar-refractivity contribution is 6.11. The first-order valence-corrected chi connectivity index (χ1v) is 6.05. The number of nitrogens with one attached hydrogen (secondary N) is 4. The zero-order valence-corrected chi connectivity index (χ0v) is 10.9. The van der Waals surface area contributed by atoms with Crippen LogP contribution in [0.1, 0.15) is 6.42 Å². The lowest BCUT2D eigenvalue weighted by atomic mass is 9.94. The van der Waals surface area contributed by atoms with Crippen LogP contribution in [0.4, 0.5) is 11.4 Å². The Balaban J connectivity index is 0.00000110. The third-order valence-corrected chi connectivity index (χ3v) is 3.79. The van der Waals surface area contributed by atoms with Crippen molar-refractivity contribution in [1.29, 1.82) is 0 Å². The van der Waals surface area contributed by atoms with E-state index in [1.807, 2.05) is 12.3 Å². The summed E-state index contributed by atoms with van der Waals surface area (Å²) in [7, 11) is 0. The summed E-state index contributed by atoms with van der Waals surface area (Å²) >= 11 is 0. The summed E-state index contributed by atoms with van der Waals surface area (Å²) in [6, 6.07) is 1.97. The van der Waals surface area contributed by atoms with Crippen molar-refractivity contribution in [2.45, 2.75) is 12.0 Å². The number of carbonyl (C=O) groups excluding carboxylic acids is 1. The number of rotatable bonds is 0. The molecular weight excluding hydrogens is 266 g/mol. The van der Waals surface area contributed by atoms with Gasteiger partial charge < -0.3 is 20.9 Å². The summed E-state index contributed by atoms with van der Waals surface area (Å²) in [4.78, 5) is 19.6. The Hall–Kier alpha value is -1.79. The van der Waals surface area contributed by atoms with E-state index in [1.165, 1.54) is 0 Å². The van der Waals surface area contributed by atoms with E-state index in [9.17, 15) is 4.79 Å². The van der Waals surface area contributed by atoms with E-state index >= 15 is 0 Å². The molecule has 1 fully saturated rings. The highest BCUT2D eigenvalue weighted by Crippen LogP contribution is 2.37. The van der Waals surface area contributed by atoms with Gasteiger partial charge in [0.05, 0.1) is 17.6 Å². The monoisotopic (exact) mass is 279 g/mol. The van der Waals surface area contributed by atoms with Gasteiger partial charge in [-0.25, -0.2) is 4.98 Å². The van der Waals surface area contributed by atoms with Crippen molar-refractivity contribution in [1.82, 2.24) is 15.3 Å². The average Bonchev–Trinajstić information content (AvgIpc) is 3.00. The molecule has 7 heteroatoms. The Kier molecular flexibility index (Phi) is 2.65. The lowest BCUT2D eigenvalue weighted by Crippen LogP contribution is -2.54. The fraction of sp³-hybridized carbons (Fsp3) is 0.333. The van der Waals surface area contributed by atoms with Gasteiger partial charge in [-0.05, 0) is 19.0 Å². The van der Waals surface area contributed by atoms with Crippen molar-refractivity contribution in [3.05, 3.63) is 18.5 Å². The normalized spacial score (nSPS) is 24.7. The summed E-state index contributed by atoms with van der Waals surface area (Å²) in [5.74, 6) is 0.0247. The second kappa shape index (κ2) is 4.11. The minimum atomic E-state index is -0.515. The molecule has 0 saturated carbocycles. The number of anilines is 2. The quantitative estimate of drug-likeness (QED) is 0.582. The van der Waals surface area contributed by atoms with Crippen LogP contribution in [0.3, 0.4) is 0 Å². The summed E-state index contributed by atoms with van der Waals surface area (Å²) in [6.07, 6.45) is 4.34. The van der Waals surface area contributed by atoms with Gasteiger partial charge >= 0.3 is 0 Å². The summed E-state index contributed by atoms with van der Waals surface area (Å²) in [6.45, 7) is 1.52. The van der Waals surface area contributed by atoms with Crippen molar-refractivity contribution in [2.75, 3.05) is 23.7 Å². The molecule has 1 unspecified atom stereocenters. The van der Waals surface area contributed by atoms with Crippen LogP contribution in [0.25, 0.3) is 11.0 Å². The van der Waals surface area contributed by atoms with E-state index in [4.69, 9.17) is 0 Å². The van der Waals surface area contributed by atoms with Crippen molar-refractivity contribution < 1.29 is 4.79 Å². The molecule has 2 aromatic heterocycles. The molecule has 2 aromatic rings. The number of aromatic amines is 1. The second-order valence-corrected chi connectivity index (χ2v) is 4.87. The number of H-pyrrole nitrogens is 1. The molecule has 4 N–H and O–H groups in total. The van der Waals surface area contributed by atoms with Gasteiger partial charge in [0.25, 0.3) is 5.91 Å². The molecular formula is C12H14ClN5O. The minimum Gasteiger partial charge on any atom is -0.368 e. The van der Waals surface area contributed by atoms with E-state index in [1.54, 1.807) is 6.20 Å². The fourth-order valence-electron chi connectivity index (χ4n) is 2.77. The molecule has 19 heavy (non-hydrogen) atoms. The van der Waals surface area contributed by atoms with Gasteiger partial charge in [0.2, 0.25) is 0 Å². The van der Waals surface area contributed by atoms with E-state index in [0.29, 0.717) is 6.54 Å². The van der Waals surface area contributed by atoms with Crippen LogP contribution in [0.15, 0.2) is 18.5 Å². The highest BCUT2D eigenvalue weighted by atomic mass is 35.5. The molecule has 1 amide bonds. The molecule has 2 aliphatic rings. The molecule has 2 aliphatic heterocycles. The molecule has 0 radical (unpaired) electrons. The fourth-order valence-corrected chi connectivity index (χ4v) is 2.77. The van der Waals surface area contributed by atoms with Crippen molar-refractivity contribution in [3.63, 3.8) is 0 Å². The van der Waals surface area contributed by atoms with Crippen LogP contribution in [-0.4, -0.2) is 34.5 Å². The predicted molar refractivity (Wildman–Crippen MR) is 75.8 cm³/mol. The Labute approximate surface area is 115 Å². The molecule has 6 nitrogen and oxygen atoms in total. The van der Waals surface area contributed by atoms with E-state index in [0.717, 1.165) is 35.4 Å². The van der Waals surface area contributed by atoms with E-state index in [-0.39, 0.29) is 18.3 Å². The van der Waals surface area contributed by atoms with Crippen LogP contribution in [0, 0.1) is 0 Å². The van der Waals surface area contributed by atoms with E-state index < -0.39 is 5.54 Å². The number of aromatic nitrogens is 2. The Bertz CT molecular complexity index is 647. The maximum Gasteiger partial charge on any atom is 0.251 e. The maximum atomic E-state index is 12.2. The number of halogens is 1. The van der Waals surface area contributed by atoms with Crippen LogP contribution in [0.2, 0.25) is 0 Å². The molecule has 0 bridgehead atoms. The summed E-state index contributed by atoms with van der Waals surface area (Å²) in [5, 5.41) is 10.6. The van der Waals surface area contributed by atoms with Crippen molar-refractivity contribution in [3.8, 4) is 0 Å². The van der Waals surface area contributed by atoms with Crippen LogP contribution >= 0.6 is 12.4 Å². The number of carbonyl (C=O) groups is 1. The van der Waals surface area contributed by atoms with Crippen molar-refractivity contribution >= 4 is 40.7 Å². The standard InChI is InChI=1S/C12H13N5O.ClH/c18-11-12(2-4-13-6-12)17-9-7-1-3-14-10(7)15-5-8(9)16-11;/h1,3,5,13,17H,2,4,6H2,(H,14,15)(H,16,18);1H. The van der Waals surface area contributed by atoms with Gasteiger partial charge in [0.15, 0.2) is 0 Å². The first-order chi connectivity index (χ1) is 8.78. The Morgan fingerprint density at radius 2 is 2.26 bits per heavy atom. The Morgan fingerprint density at radius 1 is 1.37 bits per heavy atom. The van der Waals surface area contributed by atoms with E-state index in [2.05, 4.69) is 25.9 Å². The predicted octanol–water partition coefficient (Wildman–Crippen LogP) is 1.08. The number of amides is 1. The third-order valence-electron chi connectivity index (χ3n) is 3.79. The lowest BCUT2D eigenvalue weighted by molar-refractivity contribution is -0.120. The van der Waals surface area contributed by atoms with Crippen LogP contribution in [0.5, 0.6) is 0 Å². The summed E-state index contributed by atoms with van der Waals surface area (Å²) in [5.41, 5.74) is 2.03. The smallest absolute Gasteiger partial charge is 0.251 e. The molecule has 4 heterocycles. The molecule has 1 atom stereocenters. The first kappa shape index (κ1) is 12.3. The number of hydrogen-bond acceptors (Lipinski definition) is 4. The van der Waals surface area contributed by atoms with Gasteiger partial charge in [-0.1, -0.05) is 0 Å². The van der Waals surface area contributed by atoms with Gasteiger partial charge in [-0.3, -0.25) is 4.79 Å². The zero-order valence-electron chi connectivity index (χ0n) is 10.1. The molecule has 4 rings (SSSR count). The van der Waals surface area contributed by atoms with Crippen molar-refractivity contribution in [2.24, 2.45) is 0 Å². The molecule has 0 aromatic carbocycles. The SMILES string of the molecule is Cl.O=C1Nc2cnc3[nH]ccc3c2NC12CCNC2. The number of pyridine rings is 1. The molecule has 0 aliphatic carbocycles. The van der Waals surface area contributed by atoms with Crippen LogP contribution in [-0.2, 0) is 4.79 Å². The maximum absolute atomic E-state index is 12.2. The molecule has 1 spiro atoms. The highest BCUT2D eigenvalue weighted by Gasteiger charge is 2.44. The number of fused-ring (bicyclic) bond motifs is 3. The second-order valence-electron chi connectivity index (χ2n) is 4.87. The van der Waals surface area contributed by atoms with Gasteiger partial charge in [-0.15, -0.1) is 12.4 Å². The minimum absolute atomic E-state index is 0. The molecule has 100 valence electrons. The number of hydrogen-bond donors (Lipinski definition) is 4. The third kappa shape index (κ3) is 1.60. The average molecular weight is 280 g/mol. The van der Waals surface area contributed by atoms with Gasteiger partial charge in [0.1, 0.15) is 11.2 Å². The largest absolute Gasteiger partial charge is 0.368 e. The topological polar surface area (TPSA) is 81.8 Å². The number of nitrogens with zero attached hydrogens (tertiary/aromatic N) is 1. The first-order valence-electron chi connectivity index (χ1n) is 6.05. The Morgan fingerprint density at radius 3 is 3.05 bits per heavy atom. The zero-order chi connectivity index (χ0) is 12.2.